The molecule has 1 heterocycles. The van der Waals surface area contributed by atoms with Gasteiger partial charge in [-0.25, -0.2) is 0 Å². The van der Waals surface area contributed by atoms with Crippen LogP contribution in [0, 0.1) is 0 Å². The lowest BCUT2D eigenvalue weighted by Gasteiger charge is -2.23. The molecular formula is C17H27NO6. The standard InChI is InChI=1S/C17H27NO6/c1-20-15-10-13(12-24-17-4-2-3-6-23-17)14(18)11-16(15)22-9-8-21-7-5-19/h10-11,17,19H,2-9,12,18H2,1H3. The zero-order valence-corrected chi connectivity index (χ0v) is 14.2. The van der Waals surface area contributed by atoms with Crippen LogP contribution in [0.5, 0.6) is 11.5 Å². The Bertz CT molecular complexity index is 490. The molecular weight excluding hydrogens is 314 g/mol. The molecule has 0 amide bonds. The smallest absolute Gasteiger partial charge is 0.163 e. The maximum absolute atomic E-state index is 8.65. The van der Waals surface area contributed by atoms with Crippen molar-refractivity contribution in [3.05, 3.63) is 17.7 Å². The fraction of sp³-hybridized carbons (Fsp3) is 0.647. The van der Waals surface area contributed by atoms with E-state index in [0.29, 0.717) is 43.6 Å². The fourth-order valence-electron chi connectivity index (χ4n) is 2.42. The van der Waals surface area contributed by atoms with Crippen LogP contribution in [0.3, 0.4) is 0 Å². The van der Waals surface area contributed by atoms with Crippen molar-refractivity contribution in [3.63, 3.8) is 0 Å². The van der Waals surface area contributed by atoms with Crippen LogP contribution in [0.4, 0.5) is 5.69 Å². The minimum absolute atomic E-state index is 0.00429. The van der Waals surface area contributed by atoms with E-state index in [0.717, 1.165) is 31.4 Å². The average molecular weight is 341 g/mol. The molecule has 24 heavy (non-hydrogen) atoms. The highest BCUT2D eigenvalue weighted by atomic mass is 16.7. The van der Waals surface area contributed by atoms with Crippen LogP contribution in [0.25, 0.3) is 0 Å². The predicted octanol–water partition coefficient (Wildman–Crippen LogP) is 1.71. The van der Waals surface area contributed by atoms with E-state index in [2.05, 4.69) is 0 Å². The van der Waals surface area contributed by atoms with Gasteiger partial charge >= 0.3 is 0 Å². The normalized spacial score (nSPS) is 17.7. The zero-order valence-electron chi connectivity index (χ0n) is 14.2. The molecule has 0 radical (unpaired) electrons. The van der Waals surface area contributed by atoms with E-state index in [1.54, 1.807) is 13.2 Å². The van der Waals surface area contributed by atoms with Crippen molar-refractivity contribution in [2.75, 3.05) is 45.9 Å². The molecule has 1 atom stereocenters. The zero-order chi connectivity index (χ0) is 17.2. The van der Waals surface area contributed by atoms with Crippen LogP contribution in [0.15, 0.2) is 12.1 Å². The van der Waals surface area contributed by atoms with E-state index in [-0.39, 0.29) is 12.9 Å². The highest BCUT2D eigenvalue weighted by molar-refractivity contribution is 5.57. The van der Waals surface area contributed by atoms with Gasteiger partial charge in [0.05, 0.1) is 33.5 Å². The summed E-state index contributed by atoms with van der Waals surface area (Å²) in [6.45, 7) is 2.13. The van der Waals surface area contributed by atoms with Gasteiger partial charge in [0, 0.05) is 23.9 Å². The van der Waals surface area contributed by atoms with Crippen molar-refractivity contribution >= 4 is 5.69 Å². The van der Waals surface area contributed by atoms with Crippen LogP contribution < -0.4 is 15.2 Å². The van der Waals surface area contributed by atoms with Crippen molar-refractivity contribution in [1.82, 2.24) is 0 Å². The molecule has 0 aliphatic carbocycles. The summed E-state index contributed by atoms with van der Waals surface area (Å²) in [6, 6.07) is 3.55. The van der Waals surface area contributed by atoms with Gasteiger partial charge in [-0.3, -0.25) is 0 Å². The molecule has 1 fully saturated rings. The van der Waals surface area contributed by atoms with Gasteiger partial charge in [-0.1, -0.05) is 0 Å². The first-order valence-corrected chi connectivity index (χ1v) is 8.25. The third kappa shape index (κ3) is 5.83. The first-order chi connectivity index (χ1) is 11.7. The Hall–Kier alpha value is -1.54. The van der Waals surface area contributed by atoms with Crippen LogP contribution in [0.1, 0.15) is 24.8 Å². The number of benzene rings is 1. The number of aliphatic hydroxyl groups is 1. The molecule has 0 spiro atoms. The van der Waals surface area contributed by atoms with Gasteiger partial charge in [0.25, 0.3) is 0 Å². The highest BCUT2D eigenvalue weighted by Crippen LogP contribution is 2.33. The van der Waals surface area contributed by atoms with E-state index in [9.17, 15) is 0 Å². The fourth-order valence-corrected chi connectivity index (χ4v) is 2.42. The minimum Gasteiger partial charge on any atom is -0.493 e. The number of hydrogen-bond acceptors (Lipinski definition) is 7. The molecule has 1 aromatic carbocycles. The summed E-state index contributed by atoms with van der Waals surface area (Å²) >= 11 is 0. The third-order valence-corrected chi connectivity index (χ3v) is 3.71. The van der Waals surface area contributed by atoms with Crippen molar-refractivity contribution in [3.8, 4) is 11.5 Å². The number of methoxy groups -OCH3 is 1. The molecule has 1 aliphatic rings. The van der Waals surface area contributed by atoms with Crippen molar-refractivity contribution in [1.29, 1.82) is 0 Å². The second-order valence-electron chi connectivity index (χ2n) is 5.49. The molecule has 0 bridgehead atoms. The molecule has 7 nitrogen and oxygen atoms in total. The largest absolute Gasteiger partial charge is 0.493 e. The summed E-state index contributed by atoms with van der Waals surface area (Å²) in [6.07, 6.45) is 2.95. The topological polar surface area (TPSA) is 92.4 Å². The third-order valence-electron chi connectivity index (χ3n) is 3.71. The Morgan fingerprint density at radius 3 is 2.79 bits per heavy atom. The Kier molecular flexibility index (Phi) is 8.11. The molecule has 7 heteroatoms. The second-order valence-corrected chi connectivity index (χ2v) is 5.49. The average Bonchev–Trinajstić information content (AvgIpc) is 2.61. The number of anilines is 1. The van der Waals surface area contributed by atoms with Crippen molar-refractivity contribution < 1.29 is 28.8 Å². The van der Waals surface area contributed by atoms with Gasteiger partial charge in [0.1, 0.15) is 6.61 Å². The van der Waals surface area contributed by atoms with Gasteiger partial charge < -0.3 is 34.5 Å². The molecule has 0 saturated carbocycles. The molecule has 1 saturated heterocycles. The van der Waals surface area contributed by atoms with Crippen LogP contribution in [-0.4, -0.2) is 51.5 Å². The van der Waals surface area contributed by atoms with Gasteiger partial charge in [-0.2, -0.15) is 0 Å². The van der Waals surface area contributed by atoms with Gasteiger partial charge in [-0.15, -0.1) is 0 Å². The second kappa shape index (κ2) is 10.4. The Morgan fingerprint density at radius 2 is 2.08 bits per heavy atom. The van der Waals surface area contributed by atoms with E-state index >= 15 is 0 Å². The molecule has 3 N–H and O–H groups in total. The molecule has 1 aromatic rings. The molecule has 2 rings (SSSR count). The number of nitrogens with two attached hydrogens (primary N) is 1. The lowest BCUT2D eigenvalue weighted by Crippen LogP contribution is -2.22. The van der Waals surface area contributed by atoms with E-state index in [1.807, 2.05) is 6.07 Å². The molecule has 0 aromatic heterocycles. The van der Waals surface area contributed by atoms with Crippen molar-refractivity contribution in [2.24, 2.45) is 0 Å². The van der Waals surface area contributed by atoms with E-state index < -0.39 is 0 Å². The Balaban J connectivity index is 1.90. The number of nitrogen functional groups attached to an aromatic ring is 1. The van der Waals surface area contributed by atoms with E-state index in [1.165, 1.54) is 0 Å². The first kappa shape index (κ1) is 18.8. The lowest BCUT2D eigenvalue weighted by molar-refractivity contribution is -0.168. The molecule has 1 unspecified atom stereocenters. The summed E-state index contributed by atoms with van der Waals surface area (Å²) in [5.74, 6) is 1.15. The quantitative estimate of drug-likeness (QED) is 0.494. The monoisotopic (exact) mass is 341 g/mol. The molecule has 136 valence electrons. The van der Waals surface area contributed by atoms with Gasteiger partial charge in [0.2, 0.25) is 0 Å². The van der Waals surface area contributed by atoms with Gasteiger partial charge in [-0.05, 0) is 25.3 Å². The van der Waals surface area contributed by atoms with Crippen LogP contribution in [-0.2, 0) is 20.8 Å². The predicted molar refractivity (Wildman–Crippen MR) is 89.2 cm³/mol. The molecule has 1 aliphatic heterocycles. The highest BCUT2D eigenvalue weighted by Gasteiger charge is 2.16. The number of ether oxygens (including phenoxy) is 5. The number of aliphatic hydroxyl groups excluding tert-OH is 1. The van der Waals surface area contributed by atoms with Gasteiger partial charge in [0.15, 0.2) is 17.8 Å². The maximum Gasteiger partial charge on any atom is 0.163 e. The van der Waals surface area contributed by atoms with Crippen LogP contribution in [0.2, 0.25) is 0 Å². The minimum atomic E-state index is -0.163. The number of hydrogen-bond donors (Lipinski definition) is 2. The summed E-state index contributed by atoms with van der Waals surface area (Å²) in [5.41, 5.74) is 7.51. The number of rotatable bonds is 10. The van der Waals surface area contributed by atoms with Crippen LogP contribution >= 0.6 is 0 Å². The van der Waals surface area contributed by atoms with E-state index in [4.69, 9.17) is 34.5 Å². The van der Waals surface area contributed by atoms with Crippen molar-refractivity contribution in [2.45, 2.75) is 32.2 Å². The summed E-state index contributed by atoms with van der Waals surface area (Å²) in [5, 5.41) is 8.65. The first-order valence-electron chi connectivity index (χ1n) is 8.25. The SMILES string of the molecule is COc1cc(COC2CCCCO2)c(N)cc1OCCOCCO. The summed E-state index contributed by atoms with van der Waals surface area (Å²) < 4.78 is 27.5. The Labute approximate surface area is 142 Å². The Morgan fingerprint density at radius 1 is 1.21 bits per heavy atom. The maximum atomic E-state index is 8.65. The summed E-state index contributed by atoms with van der Waals surface area (Å²) in [7, 11) is 1.58. The lowest BCUT2D eigenvalue weighted by atomic mass is 10.1. The summed E-state index contributed by atoms with van der Waals surface area (Å²) in [4.78, 5) is 0.